The molecule has 14 heavy (non-hydrogen) atoms. The van der Waals surface area contributed by atoms with Gasteiger partial charge in [-0.25, -0.2) is 9.37 Å². The third-order valence-corrected chi connectivity index (χ3v) is 2.44. The van der Waals surface area contributed by atoms with Gasteiger partial charge in [-0.3, -0.25) is 0 Å². The Bertz CT molecular complexity index is 356. The molecule has 1 aromatic heterocycles. The lowest BCUT2D eigenvalue weighted by Crippen LogP contribution is -2.26. The first-order valence-electron chi connectivity index (χ1n) is 4.22. The van der Waals surface area contributed by atoms with Gasteiger partial charge in [0.1, 0.15) is 0 Å². The highest BCUT2D eigenvalue weighted by Crippen LogP contribution is 2.38. The van der Waals surface area contributed by atoms with Crippen molar-refractivity contribution in [2.24, 2.45) is 0 Å². The van der Waals surface area contributed by atoms with E-state index in [2.05, 4.69) is 15.3 Å². The lowest BCUT2D eigenvalue weighted by Gasteiger charge is -2.14. The lowest BCUT2D eigenvalue weighted by atomic mass is 10.3. The standard InChI is InChI=1S/C8H9ClFN3O/c9-7-11-3-5(10)6(12-7)13-8(4-14)1-2-8/h3,14H,1-2,4H2,(H,11,12,13). The second-order valence-corrected chi connectivity index (χ2v) is 3.74. The van der Waals surface area contributed by atoms with E-state index in [-0.39, 0.29) is 17.7 Å². The molecular formula is C8H9ClFN3O. The molecule has 6 heteroatoms. The maximum atomic E-state index is 13.1. The fourth-order valence-electron chi connectivity index (χ4n) is 1.16. The summed E-state index contributed by atoms with van der Waals surface area (Å²) in [6.07, 6.45) is 2.63. The highest BCUT2D eigenvalue weighted by Gasteiger charge is 2.42. The van der Waals surface area contributed by atoms with Crippen molar-refractivity contribution in [3.63, 3.8) is 0 Å². The summed E-state index contributed by atoms with van der Waals surface area (Å²) in [5, 5.41) is 11.8. The summed E-state index contributed by atoms with van der Waals surface area (Å²) in [6.45, 7) is -0.0337. The summed E-state index contributed by atoms with van der Waals surface area (Å²) in [5.41, 5.74) is -0.404. The predicted molar refractivity (Wildman–Crippen MR) is 49.7 cm³/mol. The molecule has 0 spiro atoms. The van der Waals surface area contributed by atoms with Crippen LogP contribution in [0.4, 0.5) is 10.2 Å². The molecule has 2 N–H and O–H groups in total. The number of rotatable bonds is 3. The largest absolute Gasteiger partial charge is 0.394 e. The van der Waals surface area contributed by atoms with E-state index >= 15 is 0 Å². The number of aliphatic hydroxyl groups is 1. The van der Waals surface area contributed by atoms with Crippen LogP contribution in [0, 0.1) is 5.82 Å². The van der Waals surface area contributed by atoms with Gasteiger partial charge in [-0.05, 0) is 24.4 Å². The van der Waals surface area contributed by atoms with Crippen LogP contribution in [0.3, 0.4) is 0 Å². The summed E-state index contributed by atoms with van der Waals surface area (Å²) < 4.78 is 13.1. The number of hydrogen-bond donors (Lipinski definition) is 2. The summed E-state index contributed by atoms with van der Waals surface area (Å²) >= 11 is 5.52. The summed E-state index contributed by atoms with van der Waals surface area (Å²) in [6, 6.07) is 0. The molecule has 1 aromatic rings. The Morgan fingerprint density at radius 3 is 2.93 bits per heavy atom. The van der Waals surface area contributed by atoms with E-state index in [9.17, 15) is 4.39 Å². The normalized spacial score (nSPS) is 17.9. The van der Waals surface area contributed by atoms with Crippen molar-refractivity contribution in [1.29, 1.82) is 0 Å². The van der Waals surface area contributed by atoms with Crippen molar-refractivity contribution in [2.75, 3.05) is 11.9 Å². The Labute approximate surface area is 85.1 Å². The number of nitrogens with zero attached hydrogens (tertiary/aromatic N) is 2. The topological polar surface area (TPSA) is 58.0 Å². The first-order chi connectivity index (χ1) is 6.65. The van der Waals surface area contributed by atoms with Crippen molar-refractivity contribution in [2.45, 2.75) is 18.4 Å². The van der Waals surface area contributed by atoms with Gasteiger partial charge in [0.05, 0.1) is 18.3 Å². The Kier molecular flexibility index (Phi) is 2.28. The molecule has 0 aliphatic heterocycles. The van der Waals surface area contributed by atoms with E-state index < -0.39 is 11.4 Å². The van der Waals surface area contributed by atoms with E-state index in [0.717, 1.165) is 19.0 Å². The first kappa shape index (κ1) is 9.61. The average Bonchev–Trinajstić information content (AvgIpc) is 2.92. The third-order valence-electron chi connectivity index (χ3n) is 2.25. The maximum absolute atomic E-state index is 13.1. The second kappa shape index (κ2) is 3.33. The fraction of sp³-hybridized carbons (Fsp3) is 0.500. The smallest absolute Gasteiger partial charge is 0.224 e. The maximum Gasteiger partial charge on any atom is 0.224 e. The number of anilines is 1. The molecule has 1 saturated carbocycles. The molecule has 1 fully saturated rings. The van der Waals surface area contributed by atoms with E-state index in [1.807, 2.05) is 0 Å². The Balaban J connectivity index is 2.20. The molecule has 0 radical (unpaired) electrons. The molecule has 0 aromatic carbocycles. The van der Waals surface area contributed by atoms with Gasteiger partial charge >= 0.3 is 0 Å². The second-order valence-electron chi connectivity index (χ2n) is 3.40. The lowest BCUT2D eigenvalue weighted by molar-refractivity contribution is 0.265. The zero-order chi connectivity index (χ0) is 10.2. The molecule has 0 unspecified atom stereocenters. The van der Waals surface area contributed by atoms with Crippen molar-refractivity contribution in [3.05, 3.63) is 17.3 Å². The minimum Gasteiger partial charge on any atom is -0.394 e. The minimum absolute atomic E-state index is 0.0114. The summed E-state index contributed by atoms with van der Waals surface area (Å²) in [4.78, 5) is 7.20. The minimum atomic E-state index is -0.561. The van der Waals surface area contributed by atoms with Gasteiger partial charge in [0.25, 0.3) is 0 Å². The van der Waals surface area contributed by atoms with Crippen LogP contribution >= 0.6 is 11.6 Å². The van der Waals surface area contributed by atoms with Gasteiger partial charge in [-0.15, -0.1) is 0 Å². The van der Waals surface area contributed by atoms with E-state index in [1.54, 1.807) is 0 Å². The zero-order valence-electron chi connectivity index (χ0n) is 7.30. The number of halogens is 2. The molecule has 0 bridgehead atoms. The highest BCUT2D eigenvalue weighted by molar-refractivity contribution is 6.28. The zero-order valence-corrected chi connectivity index (χ0v) is 8.05. The fourth-order valence-corrected chi connectivity index (χ4v) is 1.29. The van der Waals surface area contributed by atoms with Crippen LogP contribution in [-0.2, 0) is 0 Å². The molecule has 2 rings (SSSR count). The van der Waals surface area contributed by atoms with Crippen LogP contribution in [0.2, 0.25) is 5.28 Å². The summed E-state index contributed by atoms with van der Waals surface area (Å²) in [5.74, 6) is -0.509. The molecule has 1 heterocycles. The Morgan fingerprint density at radius 2 is 2.36 bits per heavy atom. The number of aromatic nitrogens is 2. The highest BCUT2D eigenvalue weighted by atomic mass is 35.5. The quantitative estimate of drug-likeness (QED) is 0.748. The van der Waals surface area contributed by atoms with Gasteiger partial charge in [-0.1, -0.05) is 0 Å². The van der Waals surface area contributed by atoms with Gasteiger partial charge in [0, 0.05) is 0 Å². The number of aliphatic hydroxyl groups excluding tert-OH is 1. The van der Waals surface area contributed by atoms with Gasteiger partial charge in [0.15, 0.2) is 11.6 Å². The molecule has 1 aliphatic rings. The van der Waals surface area contributed by atoms with Gasteiger partial charge in [0.2, 0.25) is 5.28 Å². The first-order valence-corrected chi connectivity index (χ1v) is 4.60. The van der Waals surface area contributed by atoms with Crippen molar-refractivity contribution in [3.8, 4) is 0 Å². The van der Waals surface area contributed by atoms with Crippen LogP contribution < -0.4 is 5.32 Å². The molecular weight excluding hydrogens is 209 g/mol. The third kappa shape index (κ3) is 1.78. The molecule has 1 aliphatic carbocycles. The predicted octanol–water partition coefficient (Wildman–Crippen LogP) is 1.21. The van der Waals surface area contributed by atoms with Crippen LogP contribution in [0.15, 0.2) is 6.20 Å². The Hall–Kier alpha value is -0.940. The average molecular weight is 218 g/mol. The van der Waals surface area contributed by atoms with Gasteiger partial charge < -0.3 is 10.4 Å². The van der Waals surface area contributed by atoms with Crippen molar-refractivity contribution >= 4 is 17.4 Å². The van der Waals surface area contributed by atoms with Crippen molar-refractivity contribution < 1.29 is 9.50 Å². The Morgan fingerprint density at radius 1 is 1.64 bits per heavy atom. The van der Waals surface area contributed by atoms with Crippen LogP contribution in [-0.4, -0.2) is 27.2 Å². The number of nitrogens with one attached hydrogen (secondary N) is 1. The molecule has 76 valence electrons. The van der Waals surface area contributed by atoms with E-state index in [1.165, 1.54) is 0 Å². The van der Waals surface area contributed by atoms with Crippen molar-refractivity contribution in [1.82, 2.24) is 9.97 Å². The SMILES string of the molecule is OCC1(Nc2nc(Cl)ncc2F)CC1. The van der Waals surface area contributed by atoms with E-state index in [0.29, 0.717) is 0 Å². The van der Waals surface area contributed by atoms with E-state index in [4.69, 9.17) is 16.7 Å². The molecule has 0 amide bonds. The van der Waals surface area contributed by atoms with Crippen LogP contribution in [0.1, 0.15) is 12.8 Å². The van der Waals surface area contributed by atoms with Gasteiger partial charge in [-0.2, -0.15) is 4.98 Å². The molecule has 4 nitrogen and oxygen atoms in total. The van der Waals surface area contributed by atoms with Crippen LogP contribution in [0.25, 0.3) is 0 Å². The molecule has 0 atom stereocenters. The summed E-state index contributed by atoms with van der Waals surface area (Å²) in [7, 11) is 0. The number of hydrogen-bond acceptors (Lipinski definition) is 4. The monoisotopic (exact) mass is 217 g/mol. The molecule has 0 saturated heterocycles. The van der Waals surface area contributed by atoms with Crippen LogP contribution in [0.5, 0.6) is 0 Å².